The van der Waals surface area contributed by atoms with Crippen molar-refractivity contribution in [1.82, 2.24) is 4.90 Å². The average molecular weight is 291 g/mol. The molecule has 1 heterocycles. The molecule has 5 nitrogen and oxygen atoms in total. The van der Waals surface area contributed by atoms with E-state index >= 15 is 0 Å². The van der Waals surface area contributed by atoms with Crippen molar-refractivity contribution < 1.29 is 9.53 Å². The minimum Gasteiger partial charge on any atom is -0.494 e. The van der Waals surface area contributed by atoms with Crippen LogP contribution in [-0.4, -0.2) is 37.0 Å². The highest BCUT2D eigenvalue weighted by Gasteiger charge is 2.19. The standard InChI is InChI=1S/C16H25N3O2/c1-12-5-3-9-19(12)10-4-6-16(20)18-14-8-7-13(17)11-15(14)21-2/h7-8,11-12H,3-6,9-10,17H2,1-2H3,(H,18,20). The van der Waals surface area contributed by atoms with Gasteiger partial charge in [0.2, 0.25) is 5.91 Å². The lowest BCUT2D eigenvalue weighted by atomic mass is 10.2. The molecular weight excluding hydrogens is 266 g/mol. The molecule has 0 spiro atoms. The van der Waals surface area contributed by atoms with E-state index in [0.717, 1.165) is 19.5 Å². The minimum absolute atomic E-state index is 0.0184. The third-order valence-corrected chi connectivity index (χ3v) is 4.04. The number of rotatable bonds is 6. The number of likely N-dealkylation sites (tertiary alicyclic amines) is 1. The molecule has 0 saturated carbocycles. The van der Waals surface area contributed by atoms with Crippen molar-refractivity contribution in [2.45, 2.75) is 38.6 Å². The number of hydrogen-bond acceptors (Lipinski definition) is 4. The van der Waals surface area contributed by atoms with Gasteiger partial charge < -0.3 is 20.7 Å². The molecule has 1 aromatic rings. The molecule has 1 atom stereocenters. The topological polar surface area (TPSA) is 67.6 Å². The first-order valence-electron chi connectivity index (χ1n) is 7.57. The van der Waals surface area contributed by atoms with Crippen molar-refractivity contribution in [3.05, 3.63) is 18.2 Å². The maximum Gasteiger partial charge on any atom is 0.224 e. The van der Waals surface area contributed by atoms with Gasteiger partial charge in [-0.3, -0.25) is 4.79 Å². The number of methoxy groups -OCH3 is 1. The number of nitrogens with two attached hydrogens (primary N) is 1. The molecule has 21 heavy (non-hydrogen) atoms. The van der Waals surface area contributed by atoms with E-state index in [2.05, 4.69) is 17.1 Å². The SMILES string of the molecule is COc1cc(N)ccc1NC(=O)CCCN1CCCC1C. The quantitative estimate of drug-likeness (QED) is 0.790. The zero-order valence-electron chi connectivity index (χ0n) is 12.9. The number of nitrogens with one attached hydrogen (secondary N) is 1. The van der Waals surface area contributed by atoms with Gasteiger partial charge in [0.15, 0.2) is 0 Å². The van der Waals surface area contributed by atoms with Gasteiger partial charge in [-0.1, -0.05) is 0 Å². The van der Waals surface area contributed by atoms with Crippen LogP contribution in [0.2, 0.25) is 0 Å². The average Bonchev–Trinajstić information content (AvgIpc) is 2.86. The molecule has 1 amide bonds. The highest BCUT2D eigenvalue weighted by Crippen LogP contribution is 2.26. The van der Waals surface area contributed by atoms with Gasteiger partial charge in [0.1, 0.15) is 5.75 Å². The molecule has 1 aliphatic rings. The van der Waals surface area contributed by atoms with Crippen LogP contribution < -0.4 is 15.8 Å². The number of ether oxygens (including phenoxy) is 1. The Morgan fingerprint density at radius 2 is 2.33 bits per heavy atom. The van der Waals surface area contributed by atoms with Crippen LogP contribution in [0.25, 0.3) is 0 Å². The summed E-state index contributed by atoms with van der Waals surface area (Å²) < 4.78 is 5.22. The Labute approximate surface area is 126 Å². The van der Waals surface area contributed by atoms with Gasteiger partial charge in [-0.05, 0) is 51.4 Å². The molecule has 1 aromatic carbocycles. The Kier molecular flexibility index (Phi) is 5.44. The molecule has 0 radical (unpaired) electrons. The van der Waals surface area contributed by atoms with Crippen molar-refractivity contribution in [2.24, 2.45) is 0 Å². The summed E-state index contributed by atoms with van der Waals surface area (Å²) in [6.45, 7) is 4.41. The summed E-state index contributed by atoms with van der Waals surface area (Å²) >= 11 is 0. The van der Waals surface area contributed by atoms with E-state index in [0.29, 0.717) is 29.6 Å². The Morgan fingerprint density at radius 1 is 1.52 bits per heavy atom. The van der Waals surface area contributed by atoms with E-state index in [4.69, 9.17) is 10.5 Å². The molecule has 1 saturated heterocycles. The second kappa shape index (κ2) is 7.31. The second-order valence-electron chi connectivity index (χ2n) is 5.64. The summed E-state index contributed by atoms with van der Waals surface area (Å²) in [4.78, 5) is 14.5. The van der Waals surface area contributed by atoms with Gasteiger partial charge in [-0.25, -0.2) is 0 Å². The van der Waals surface area contributed by atoms with Crippen molar-refractivity contribution in [3.63, 3.8) is 0 Å². The number of carbonyl (C=O) groups excluding carboxylic acids is 1. The Balaban J connectivity index is 1.79. The maximum absolute atomic E-state index is 12.0. The fraction of sp³-hybridized carbons (Fsp3) is 0.562. The highest BCUT2D eigenvalue weighted by atomic mass is 16.5. The number of benzene rings is 1. The minimum atomic E-state index is 0.0184. The summed E-state index contributed by atoms with van der Waals surface area (Å²) in [5, 5.41) is 2.89. The number of carbonyl (C=O) groups is 1. The normalized spacial score (nSPS) is 18.7. The second-order valence-corrected chi connectivity index (χ2v) is 5.64. The van der Waals surface area contributed by atoms with Crippen molar-refractivity contribution in [2.75, 3.05) is 31.2 Å². The van der Waals surface area contributed by atoms with Crippen LogP contribution in [0.1, 0.15) is 32.6 Å². The van der Waals surface area contributed by atoms with E-state index in [1.54, 1.807) is 25.3 Å². The third kappa shape index (κ3) is 4.36. The smallest absolute Gasteiger partial charge is 0.224 e. The fourth-order valence-corrected chi connectivity index (χ4v) is 2.79. The summed E-state index contributed by atoms with van der Waals surface area (Å²) in [6, 6.07) is 5.89. The molecule has 3 N–H and O–H groups in total. The lowest BCUT2D eigenvalue weighted by molar-refractivity contribution is -0.116. The Hall–Kier alpha value is -1.75. The van der Waals surface area contributed by atoms with Crippen LogP contribution in [0.5, 0.6) is 5.75 Å². The number of hydrogen-bond donors (Lipinski definition) is 2. The molecule has 0 aromatic heterocycles. The molecule has 1 aliphatic heterocycles. The van der Waals surface area contributed by atoms with Gasteiger partial charge in [0.25, 0.3) is 0 Å². The van der Waals surface area contributed by atoms with E-state index in [-0.39, 0.29) is 5.91 Å². The summed E-state index contributed by atoms with van der Waals surface area (Å²) in [5.41, 5.74) is 6.99. The summed E-state index contributed by atoms with van der Waals surface area (Å²) in [5.74, 6) is 0.612. The zero-order valence-corrected chi connectivity index (χ0v) is 12.9. The van der Waals surface area contributed by atoms with Gasteiger partial charge in [-0.15, -0.1) is 0 Å². The fourth-order valence-electron chi connectivity index (χ4n) is 2.79. The van der Waals surface area contributed by atoms with Crippen LogP contribution in [0, 0.1) is 0 Å². The number of nitrogen functional groups attached to an aromatic ring is 1. The molecule has 116 valence electrons. The van der Waals surface area contributed by atoms with Crippen LogP contribution in [0.15, 0.2) is 18.2 Å². The van der Waals surface area contributed by atoms with Gasteiger partial charge >= 0.3 is 0 Å². The molecule has 2 rings (SSSR count). The first-order chi connectivity index (χ1) is 10.1. The third-order valence-electron chi connectivity index (χ3n) is 4.04. The van der Waals surface area contributed by atoms with Crippen LogP contribution in [0.3, 0.4) is 0 Å². The molecule has 5 heteroatoms. The van der Waals surface area contributed by atoms with E-state index in [1.807, 2.05) is 0 Å². The molecule has 1 fully saturated rings. The predicted octanol–water partition coefficient (Wildman–Crippen LogP) is 2.48. The zero-order chi connectivity index (χ0) is 15.2. The molecule has 0 bridgehead atoms. The summed E-state index contributed by atoms with van der Waals surface area (Å²) in [6.07, 6.45) is 3.95. The molecule has 0 aliphatic carbocycles. The van der Waals surface area contributed by atoms with Gasteiger partial charge in [0, 0.05) is 24.2 Å². The van der Waals surface area contributed by atoms with Crippen LogP contribution in [-0.2, 0) is 4.79 Å². The van der Waals surface area contributed by atoms with E-state index < -0.39 is 0 Å². The number of amides is 1. The molecular formula is C16H25N3O2. The lowest BCUT2D eigenvalue weighted by Crippen LogP contribution is -2.28. The van der Waals surface area contributed by atoms with Crippen molar-refractivity contribution in [3.8, 4) is 5.75 Å². The lowest BCUT2D eigenvalue weighted by Gasteiger charge is -2.20. The Morgan fingerprint density at radius 3 is 3.00 bits per heavy atom. The van der Waals surface area contributed by atoms with Crippen LogP contribution >= 0.6 is 0 Å². The number of nitrogens with zero attached hydrogens (tertiary/aromatic N) is 1. The number of anilines is 2. The van der Waals surface area contributed by atoms with E-state index in [9.17, 15) is 4.79 Å². The molecule has 1 unspecified atom stereocenters. The van der Waals surface area contributed by atoms with Gasteiger partial charge in [-0.2, -0.15) is 0 Å². The Bertz CT molecular complexity index is 490. The van der Waals surface area contributed by atoms with E-state index in [1.165, 1.54) is 12.8 Å². The predicted molar refractivity (Wildman–Crippen MR) is 85.5 cm³/mol. The van der Waals surface area contributed by atoms with Crippen LogP contribution in [0.4, 0.5) is 11.4 Å². The first-order valence-corrected chi connectivity index (χ1v) is 7.57. The maximum atomic E-state index is 12.0. The monoisotopic (exact) mass is 291 g/mol. The first kappa shape index (κ1) is 15.6. The largest absolute Gasteiger partial charge is 0.494 e. The van der Waals surface area contributed by atoms with Crippen molar-refractivity contribution >= 4 is 17.3 Å². The van der Waals surface area contributed by atoms with Gasteiger partial charge in [0.05, 0.1) is 12.8 Å². The van der Waals surface area contributed by atoms with Crippen molar-refractivity contribution in [1.29, 1.82) is 0 Å². The highest BCUT2D eigenvalue weighted by molar-refractivity contribution is 5.92. The summed E-state index contributed by atoms with van der Waals surface area (Å²) in [7, 11) is 1.57.